The number of nitro groups is 2. The van der Waals surface area contributed by atoms with Gasteiger partial charge in [-0.1, -0.05) is 52.5 Å². The Labute approximate surface area is 173 Å². The molecule has 0 aliphatic rings. The first-order valence-electron chi connectivity index (χ1n) is 7.53. The Balaban J connectivity index is 2.34. The zero-order valence-electron chi connectivity index (χ0n) is 14.1. The number of hydrogen-bond donors (Lipinski definition) is 1. The van der Waals surface area contributed by atoms with Crippen molar-refractivity contribution in [3.05, 3.63) is 73.8 Å². The SMILES string of the molecule is Cc1cccc(C(=O)N[C@H](Oc2ccc([N+](=O)[O-])cc2[N+](=O)[O-])C(Cl)(Cl)Cl)c1. The van der Waals surface area contributed by atoms with Crippen LogP contribution in [-0.4, -0.2) is 25.8 Å². The lowest BCUT2D eigenvalue weighted by atomic mass is 10.1. The van der Waals surface area contributed by atoms with E-state index in [1.165, 1.54) is 6.07 Å². The fourth-order valence-corrected chi connectivity index (χ4v) is 2.45. The molecule has 0 heterocycles. The van der Waals surface area contributed by atoms with Crippen LogP contribution in [0.2, 0.25) is 0 Å². The number of carbonyl (C=O) groups excluding carboxylic acids is 1. The number of nitrogens with zero attached hydrogens (tertiary/aromatic N) is 2. The summed E-state index contributed by atoms with van der Waals surface area (Å²) in [6, 6.07) is 9.20. The fourth-order valence-electron chi connectivity index (χ4n) is 2.16. The number of non-ortho nitro benzene ring substituents is 1. The quantitative estimate of drug-likeness (QED) is 0.304. The summed E-state index contributed by atoms with van der Waals surface area (Å²) in [5, 5.41) is 24.4. The molecule has 0 fully saturated rings. The van der Waals surface area contributed by atoms with E-state index in [0.717, 1.165) is 17.7 Å². The van der Waals surface area contributed by atoms with Gasteiger partial charge >= 0.3 is 5.69 Å². The summed E-state index contributed by atoms with van der Waals surface area (Å²) in [4.78, 5) is 32.8. The lowest BCUT2D eigenvalue weighted by molar-refractivity contribution is -0.394. The second kappa shape index (κ2) is 8.59. The van der Waals surface area contributed by atoms with Gasteiger partial charge in [0.15, 0.2) is 5.75 Å². The highest BCUT2D eigenvalue weighted by Gasteiger charge is 2.38. The van der Waals surface area contributed by atoms with Crippen molar-refractivity contribution in [1.29, 1.82) is 0 Å². The molecule has 0 saturated carbocycles. The summed E-state index contributed by atoms with van der Waals surface area (Å²) in [5.74, 6) is -1.07. The van der Waals surface area contributed by atoms with Crippen molar-refractivity contribution >= 4 is 52.1 Å². The number of aryl methyl sites for hydroxylation is 1. The third kappa shape index (κ3) is 5.44. The Hall–Kier alpha value is -2.62. The molecule has 0 radical (unpaired) electrons. The number of rotatable bonds is 6. The van der Waals surface area contributed by atoms with Crippen molar-refractivity contribution in [2.45, 2.75) is 16.9 Å². The molecule has 2 aromatic carbocycles. The van der Waals surface area contributed by atoms with E-state index < -0.39 is 42.9 Å². The van der Waals surface area contributed by atoms with E-state index in [-0.39, 0.29) is 5.56 Å². The highest BCUT2D eigenvalue weighted by Crippen LogP contribution is 2.36. The molecule has 1 amide bonds. The fraction of sp³-hybridized carbons (Fsp3) is 0.188. The van der Waals surface area contributed by atoms with Crippen LogP contribution < -0.4 is 10.1 Å². The molecule has 28 heavy (non-hydrogen) atoms. The van der Waals surface area contributed by atoms with E-state index in [1.54, 1.807) is 25.1 Å². The highest BCUT2D eigenvalue weighted by molar-refractivity contribution is 6.68. The number of amides is 1. The summed E-state index contributed by atoms with van der Waals surface area (Å²) in [6.45, 7) is 1.78. The van der Waals surface area contributed by atoms with E-state index in [4.69, 9.17) is 39.5 Å². The normalized spacial score (nSPS) is 12.1. The standard InChI is InChI=1S/C16H12Cl3N3O6/c1-9-3-2-4-10(7-9)14(23)20-15(16(17,18)19)28-13-6-5-11(21(24)25)8-12(13)22(26)27/h2-8,15H,1H3,(H,20,23)/t15-/m1/s1. The Kier molecular flexibility index (Phi) is 6.65. The van der Waals surface area contributed by atoms with Crippen LogP contribution in [0.4, 0.5) is 11.4 Å². The van der Waals surface area contributed by atoms with E-state index in [1.807, 2.05) is 0 Å². The van der Waals surface area contributed by atoms with Crippen LogP contribution in [0.3, 0.4) is 0 Å². The molecule has 0 aliphatic heterocycles. The maximum absolute atomic E-state index is 12.4. The average Bonchev–Trinajstić information content (AvgIpc) is 2.60. The van der Waals surface area contributed by atoms with Crippen LogP contribution in [0.25, 0.3) is 0 Å². The zero-order valence-corrected chi connectivity index (χ0v) is 16.4. The van der Waals surface area contributed by atoms with Gasteiger partial charge in [0, 0.05) is 11.6 Å². The average molecular weight is 449 g/mol. The molecule has 0 aromatic heterocycles. The van der Waals surface area contributed by atoms with E-state index >= 15 is 0 Å². The number of hydrogen-bond acceptors (Lipinski definition) is 6. The molecule has 0 bridgehead atoms. The molecule has 0 saturated heterocycles. The smallest absolute Gasteiger partial charge is 0.317 e. The number of benzene rings is 2. The number of nitrogens with one attached hydrogen (secondary N) is 1. The first kappa shape index (κ1) is 21.7. The Morgan fingerprint density at radius 3 is 2.32 bits per heavy atom. The van der Waals surface area contributed by atoms with Crippen molar-refractivity contribution in [2.75, 3.05) is 0 Å². The molecule has 9 nitrogen and oxygen atoms in total. The van der Waals surface area contributed by atoms with Crippen LogP contribution in [0.15, 0.2) is 42.5 Å². The number of alkyl halides is 3. The van der Waals surface area contributed by atoms with Gasteiger partial charge in [-0.15, -0.1) is 0 Å². The minimum atomic E-state index is -2.20. The maximum Gasteiger partial charge on any atom is 0.317 e. The summed E-state index contributed by atoms with van der Waals surface area (Å²) >= 11 is 17.5. The van der Waals surface area contributed by atoms with Crippen LogP contribution >= 0.6 is 34.8 Å². The third-order valence-electron chi connectivity index (χ3n) is 3.43. The van der Waals surface area contributed by atoms with Gasteiger partial charge in [0.2, 0.25) is 10.0 Å². The summed E-state index contributed by atoms with van der Waals surface area (Å²) < 4.78 is 3.14. The van der Waals surface area contributed by atoms with Crippen molar-refractivity contribution in [1.82, 2.24) is 5.32 Å². The molecule has 0 spiro atoms. The van der Waals surface area contributed by atoms with Crippen molar-refractivity contribution < 1.29 is 19.4 Å². The predicted octanol–water partition coefficient (Wildman–Crippen LogP) is 4.32. The summed E-state index contributed by atoms with van der Waals surface area (Å²) in [7, 11) is 0. The zero-order chi connectivity index (χ0) is 21.1. The molecular weight excluding hydrogens is 437 g/mol. The Morgan fingerprint density at radius 2 is 1.79 bits per heavy atom. The number of carbonyl (C=O) groups is 1. The molecule has 2 rings (SSSR count). The van der Waals surface area contributed by atoms with Crippen molar-refractivity contribution in [3.63, 3.8) is 0 Å². The van der Waals surface area contributed by atoms with E-state index in [2.05, 4.69) is 5.32 Å². The molecular formula is C16H12Cl3N3O6. The van der Waals surface area contributed by atoms with Gasteiger partial charge in [-0.2, -0.15) is 0 Å². The van der Waals surface area contributed by atoms with Crippen LogP contribution in [-0.2, 0) is 0 Å². The van der Waals surface area contributed by atoms with Gasteiger partial charge in [0.05, 0.1) is 15.9 Å². The molecule has 148 valence electrons. The van der Waals surface area contributed by atoms with Crippen LogP contribution in [0, 0.1) is 27.2 Å². The maximum atomic E-state index is 12.4. The van der Waals surface area contributed by atoms with Gasteiger partial charge in [-0.05, 0) is 25.1 Å². The van der Waals surface area contributed by atoms with Gasteiger partial charge in [-0.25, -0.2) is 0 Å². The Bertz CT molecular complexity index is 932. The Morgan fingerprint density at radius 1 is 1.11 bits per heavy atom. The largest absolute Gasteiger partial charge is 0.459 e. The number of ether oxygens (including phenoxy) is 1. The third-order valence-corrected chi connectivity index (χ3v) is 4.03. The monoisotopic (exact) mass is 447 g/mol. The molecule has 2 aromatic rings. The molecule has 0 unspecified atom stereocenters. The van der Waals surface area contributed by atoms with Crippen LogP contribution in [0.5, 0.6) is 5.75 Å². The van der Waals surface area contributed by atoms with E-state index in [9.17, 15) is 25.0 Å². The minimum Gasteiger partial charge on any atom is -0.459 e. The molecule has 1 N–H and O–H groups in total. The first-order valence-corrected chi connectivity index (χ1v) is 8.66. The molecule has 1 atom stereocenters. The lowest BCUT2D eigenvalue weighted by Gasteiger charge is -2.26. The summed E-state index contributed by atoms with van der Waals surface area (Å²) in [6.07, 6.45) is -1.62. The van der Waals surface area contributed by atoms with E-state index in [0.29, 0.717) is 6.07 Å². The van der Waals surface area contributed by atoms with Crippen molar-refractivity contribution in [3.8, 4) is 5.75 Å². The number of halogens is 3. The van der Waals surface area contributed by atoms with Crippen LogP contribution in [0.1, 0.15) is 15.9 Å². The topological polar surface area (TPSA) is 125 Å². The second-order valence-corrected chi connectivity index (χ2v) is 7.92. The van der Waals surface area contributed by atoms with Crippen molar-refractivity contribution in [2.24, 2.45) is 0 Å². The summed E-state index contributed by atoms with van der Waals surface area (Å²) in [5.41, 5.74) is -0.183. The van der Waals surface area contributed by atoms with Gasteiger partial charge < -0.3 is 10.1 Å². The van der Waals surface area contributed by atoms with Gasteiger partial charge in [0.25, 0.3) is 11.6 Å². The minimum absolute atomic E-state index is 0.251. The lowest BCUT2D eigenvalue weighted by Crippen LogP contribution is -2.47. The second-order valence-electron chi connectivity index (χ2n) is 5.55. The predicted molar refractivity (Wildman–Crippen MR) is 103 cm³/mol. The number of nitro benzene ring substituents is 2. The highest BCUT2D eigenvalue weighted by atomic mass is 35.6. The first-order chi connectivity index (χ1) is 13.0. The molecule has 0 aliphatic carbocycles. The van der Waals surface area contributed by atoms with Gasteiger partial charge in [-0.3, -0.25) is 25.0 Å². The van der Waals surface area contributed by atoms with Gasteiger partial charge in [0.1, 0.15) is 0 Å². The molecule has 12 heteroatoms.